The van der Waals surface area contributed by atoms with Crippen molar-refractivity contribution in [2.24, 2.45) is 0 Å². The van der Waals surface area contributed by atoms with Crippen LogP contribution in [-0.4, -0.2) is 34.4 Å². The smallest absolute Gasteiger partial charge is 0.250 e. The average Bonchev–Trinajstić information content (AvgIpc) is 2.44. The number of carbonyl (C=O) groups excluding carboxylic acids is 2. The zero-order valence-electron chi connectivity index (χ0n) is 10.5. The van der Waals surface area contributed by atoms with E-state index >= 15 is 0 Å². The molecule has 0 spiro atoms. The lowest BCUT2D eigenvalue weighted by molar-refractivity contribution is -0.151. The van der Waals surface area contributed by atoms with Gasteiger partial charge in [0.25, 0.3) is 0 Å². The van der Waals surface area contributed by atoms with Crippen molar-refractivity contribution >= 4 is 11.8 Å². The van der Waals surface area contributed by atoms with Crippen LogP contribution >= 0.6 is 0 Å². The summed E-state index contributed by atoms with van der Waals surface area (Å²) in [7, 11) is 0. The molecule has 2 heterocycles. The lowest BCUT2D eigenvalue weighted by atomic mass is 9.94. The molecule has 2 N–H and O–H groups in total. The summed E-state index contributed by atoms with van der Waals surface area (Å²) >= 11 is 0. The van der Waals surface area contributed by atoms with E-state index in [2.05, 4.69) is 5.32 Å². The fraction of sp³-hybridized carbons (Fsp3) is 0.429. The Hall–Kier alpha value is -2.04. The minimum atomic E-state index is -0.623. The van der Waals surface area contributed by atoms with E-state index in [1.54, 1.807) is 17.0 Å². The number of piperazine rings is 1. The number of piperidine rings is 1. The summed E-state index contributed by atoms with van der Waals surface area (Å²) in [5.74, 6) is 0.0292. The molecule has 2 aliphatic heterocycles. The first kappa shape index (κ1) is 12.0. The number of nitrogens with one attached hydrogen (secondary N) is 1. The Kier molecular flexibility index (Phi) is 2.89. The van der Waals surface area contributed by atoms with Crippen molar-refractivity contribution in [1.82, 2.24) is 10.2 Å². The van der Waals surface area contributed by atoms with Gasteiger partial charge in [-0.25, -0.2) is 0 Å². The van der Waals surface area contributed by atoms with Crippen LogP contribution in [0.1, 0.15) is 30.9 Å². The maximum Gasteiger partial charge on any atom is 0.250 e. The minimum absolute atomic E-state index is 0.0463. The molecule has 1 aromatic rings. The van der Waals surface area contributed by atoms with Crippen LogP contribution in [0.4, 0.5) is 0 Å². The molecule has 2 saturated heterocycles. The molecule has 2 aliphatic rings. The Balaban J connectivity index is 1.89. The standard InChI is InChI=1S/C14H16N2O3/c17-10-6-4-9(5-7-10)12-14(19)16-8-2-1-3-11(16)13(18)15-12/h4-7,11-12,17H,1-3,8H2,(H,15,18)/t11-,12-/m1/s1. The van der Waals surface area contributed by atoms with Crippen LogP contribution < -0.4 is 5.32 Å². The van der Waals surface area contributed by atoms with Crippen LogP contribution in [0.25, 0.3) is 0 Å². The number of nitrogens with zero attached hydrogens (tertiary/aromatic N) is 1. The number of phenols is 1. The van der Waals surface area contributed by atoms with Crippen LogP contribution in [0.2, 0.25) is 0 Å². The van der Waals surface area contributed by atoms with Crippen molar-refractivity contribution in [2.45, 2.75) is 31.3 Å². The molecule has 2 atom stereocenters. The third-order valence-electron chi connectivity index (χ3n) is 3.85. The van der Waals surface area contributed by atoms with Gasteiger partial charge in [0.15, 0.2) is 0 Å². The number of hydrogen-bond acceptors (Lipinski definition) is 3. The fourth-order valence-corrected chi connectivity index (χ4v) is 2.83. The summed E-state index contributed by atoms with van der Waals surface area (Å²) in [5.41, 5.74) is 0.708. The predicted molar refractivity (Wildman–Crippen MR) is 68.3 cm³/mol. The first-order valence-electron chi connectivity index (χ1n) is 6.56. The monoisotopic (exact) mass is 260 g/mol. The van der Waals surface area contributed by atoms with Gasteiger partial charge in [-0.1, -0.05) is 12.1 Å². The molecular weight excluding hydrogens is 244 g/mol. The summed E-state index contributed by atoms with van der Waals surface area (Å²) in [4.78, 5) is 26.2. The van der Waals surface area contributed by atoms with Crippen LogP contribution in [0.5, 0.6) is 5.75 Å². The molecule has 3 rings (SSSR count). The minimum Gasteiger partial charge on any atom is -0.508 e. The van der Waals surface area contributed by atoms with Crippen molar-refractivity contribution < 1.29 is 14.7 Å². The molecule has 1 aromatic carbocycles. The Morgan fingerprint density at radius 2 is 1.89 bits per heavy atom. The van der Waals surface area contributed by atoms with Crippen molar-refractivity contribution in [3.8, 4) is 5.75 Å². The highest BCUT2D eigenvalue weighted by Crippen LogP contribution is 2.28. The molecule has 5 nitrogen and oxygen atoms in total. The van der Waals surface area contributed by atoms with Crippen molar-refractivity contribution in [3.05, 3.63) is 29.8 Å². The summed E-state index contributed by atoms with van der Waals surface area (Å²) in [6.45, 7) is 0.658. The van der Waals surface area contributed by atoms with Gasteiger partial charge in [0, 0.05) is 6.54 Å². The molecule has 0 aliphatic carbocycles. The Bertz CT molecular complexity index is 512. The second-order valence-corrected chi connectivity index (χ2v) is 5.08. The zero-order valence-corrected chi connectivity index (χ0v) is 10.5. The summed E-state index contributed by atoms with van der Waals surface area (Å²) in [6.07, 6.45) is 2.70. The Labute approximate surface area is 111 Å². The number of fused-ring (bicyclic) bond motifs is 1. The Morgan fingerprint density at radius 1 is 1.16 bits per heavy atom. The van der Waals surface area contributed by atoms with E-state index in [0.29, 0.717) is 12.1 Å². The van der Waals surface area contributed by atoms with Gasteiger partial charge in [0.05, 0.1) is 0 Å². The molecule has 0 bridgehead atoms. The molecule has 0 saturated carbocycles. The maximum atomic E-state index is 12.4. The number of phenolic OH excluding ortho intramolecular Hbond substituents is 1. The fourth-order valence-electron chi connectivity index (χ4n) is 2.83. The Morgan fingerprint density at radius 3 is 2.63 bits per heavy atom. The number of benzene rings is 1. The van der Waals surface area contributed by atoms with Gasteiger partial charge in [0.2, 0.25) is 11.8 Å². The van der Waals surface area contributed by atoms with Crippen LogP contribution in [0, 0.1) is 0 Å². The lowest BCUT2D eigenvalue weighted by Crippen LogP contribution is -2.60. The quantitative estimate of drug-likeness (QED) is 0.789. The molecule has 5 heteroatoms. The predicted octanol–water partition coefficient (Wildman–Crippen LogP) is 0.944. The van der Waals surface area contributed by atoms with Crippen LogP contribution in [0.3, 0.4) is 0 Å². The van der Waals surface area contributed by atoms with Gasteiger partial charge in [-0.15, -0.1) is 0 Å². The molecule has 19 heavy (non-hydrogen) atoms. The van der Waals surface area contributed by atoms with Crippen molar-refractivity contribution in [3.63, 3.8) is 0 Å². The molecule has 2 fully saturated rings. The van der Waals surface area contributed by atoms with E-state index in [1.807, 2.05) is 0 Å². The topological polar surface area (TPSA) is 69.6 Å². The van der Waals surface area contributed by atoms with Gasteiger partial charge >= 0.3 is 0 Å². The number of amides is 2. The highest BCUT2D eigenvalue weighted by Gasteiger charge is 2.41. The molecular formula is C14H16N2O3. The van der Waals surface area contributed by atoms with Gasteiger partial charge in [-0.05, 0) is 37.0 Å². The molecule has 0 unspecified atom stereocenters. The first-order chi connectivity index (χ1) is 9.16. The third-order valence-corrected chi connectivity index (χ3v) is 3.85. The van der Waals surface area contributed by atoms with E-state index in [1.165, 1.54) is 12.1 Å². The van der Waals surface area contributed by atoms with E-state index < -0.39 is 6.04 Å². The normalized spacial score (nSPS) is 26.8. The summed E-state index contributed by atoms with van der Waals surface area (Å²) in [5, 5.41) is 12.1. The molecule has 100 valence electrons. The zero-order chi connectivity index (χ0) is 13.4. The third kappa shape index (κ3) is 2.05. The van der Waals surface area contributed by atoms with E-state index in [0.717, 1.165) is 19.3 Å². The molecule has 0 aromatic heterocycles. The second-order valence-electron chi connectivity index (χ2n) is 5.08. The van der Waals surface area contributed by atoms with Gasteiger partial charge in [0.1, 0.15) is 17.8 Å². The van der Waals surface area contributed by atoms with Crippen molar-refractivity contribution in [2.75, 3.05) is 6.54 Å². The van der Waals surface area contributed by atoms with Crippen molar-refractivity contribution in [1.29, 1.82) is 0 Å². The van der Waals surface area contributed by atoms with E-state index in [9.17, 15) is 14.7 Å². The number of hydrogen-bond donors (Lipinski definition) is 2. The SMILES string of the molecule is O=C1N[C@H](c2ccc(O)cc2)C(=O)N2CCCC[C@H]12. The average molecular weight is 260 g/mol. The van der Waals surface area contributed by atoms with Crippen LogP contribution in [0.15, 0.2) is 24.3 Å². The number of carbonyl (C=O) groups is 2. The first-order valence-corrected chi connectivity index (χ1v) is 6.56. The highest BCUT2D eigenvalue weighted by molar-refractivity contribution is 5.97. The number of rotatable bonds is 1. The lowest BCUT2D eigenvalue weighted by Gasteiger charge is -2.41. The largest absolute Gasteiger partial charge is 0.508 e. The van der Waals surface area contributed by atoms with E-state index in [-0.39, 0.29) is 23.6 Å². The molecule has 0 radical (unpaired) electrons. The summed E-state index contributed by atoms with van der Waals surface area (Å²) < 4.78 is 0. The van der Waals surface area contributed by atoms with E-state index in [4.69, 9.17) is 0 Å². The van der Waals surface area contributed by atoms with Gasteiger partial charge < -0.3 is 15.3 Å². The maximum absolute atomic E-state index is 12.4. The number of aromatic hydroxyl groups is 1. The van der Waals surface area contributed by atoms with Crippen LogP contribution in [-0.2, 0) is 9.59 Å². The van der Waals surface area contributed by atoms with Gasteiger partial charge in [-0.2, -0.15) is 0 Å². The second kappa shape index (κ2) is 4.57. The van der Waals surface area contributed by atoms with Gasteiger partial charge in [-0.3, -0.25) is 9.59 Å². The molecule has 2 amide bonds. The summed E-state index contributed by atoms with van der Waals surface area (Å²) in [6, 6.07) is 5.47. The highest BCUT2D eigenvalue weighted by atomic mass is 16.3.